The number of carboxylic acid groups (broad SMARTS) is 2. The summed E-state index contributed by atoms with van der Waals surface area (Å²) in [6.07, 6.45) is 3.38. The van der Waals surface area contributed by atoms with Crippen molar-refractivity contribution < 1.29 is 19.8 Å². The van der Waals surface area contributed by atoms with E-state index in [0.717, 1.165) is 19.3 Å². The van der Waals surface area contributed by atoms with Crippen molar-refractivity contribution in [3.05, 3.63) is 28.8 Å². The molecule has 0 aliphatic heterocycles. The second-order valence-corrected chi connectivity index (χ2v) is 4.16. The molecule has 1 aromatic carbocycles. The Hall–Kier alpha value is -2.04. The van der Waals surface area contributed by atoms with Crippen molar-refractivity contribution in [3.63, 3.8) is 0 Å². The van der Waals surface area contributed by atoms with Crippen LogP contribution in [-0.4, -0.2) is 22.2 Å². The zero-order chi connectivity index (χ0) is 13.7. The van der Waals surface area contributed by atoms with Crippen molar-refractivity contribution in [2.75, 3.05) is 5.73 Å². The predicted octanol–water partition coefficient (Wildman–Crippen LogP) is 2.40. The lowest BCUT2D eigenvalue weighted by atomic mass is 9.97. The first-order valence-electron chi connectivity index (χ1n) is 5.86. The number of unbranched alkanes of at least 4 members (excludes halogenated alkanes) is 2. The minimum atomic E-state index is -1.14. The summed E-state index contributed by atoms with van der Waals surface area (Å²) in [5.41, 5.74) is 6.11. The summed E-state index contributed by atoms with van der Waals surface area (Å²) in [4.78, 5) is 22.0. The molecule has 0 saturated carbocycles. The molecule has 0 amide bonds. The summed E-state index contributed by atoms with van der Waals surface area (Å²) < 4.78 is 0. The first-order chi connectivity index (χ1) is 8.47. The van der Waals surface area contributed by atoms with Crippen LogP contribution in [0.5, 0.6) is 0 Å². The molecule has 98 valence electrons. The van der Waals surface area contributed by atoms with Crippen LogP contribution in [0, 0.1) is 0 Å². The SMILES string of the molecule is CCCCCc1cc(C(=O)O)c(N)cc1C(=O)O. The number of hydrogen-bond acceptors (Lipinski definition) is 3. The standard InChI is InChI=1S/C13H17NO4/c1-2-3-4-5-8-6-10(13(17)18)11(14)7-9(8)12(15)16/h6-7H,2-5,14H2,1H3,(H,15,16)(H,17,18). The Morgan fingerprint density at radius 1 is 1.11 bits per heavy atom. The molecule has 0 saturated heterocycles. The number of nitrogens with two attached hydrogens (primary N) is 1. The lowest BCUT2D eigenvalue weighted by molar-refractivity contribution is 0.0681. The minimum absolute atomic E-state index is 0.0147. The molecule has 0 aromatic heterocycles. The van der Waals surface area contributed by atoms with Gasteiger partial charge in [0.05, 0.1) is 11.1 Å². The zero-order valence-corrected chi connectivity index (χ0v) is 10.3. The van der Waals surface area contributed by atoms with E-state index in [1.54, 1.807) is 0 Å². The van der Waals surface area contributed by atoms with Crippen LogP contribution in [0.1, 0.15) is 52.5 Å². The molecule has 0 unspecified atom stereocenters. The molecule has 0 spiro atoms. The average Bonchev–Trinajstić information content (AvgIpc) is 2.30. The van der Waals surface area contributed by atoms with E-state index >= 15 is 0 Å². The molecule has 0 heterocycles. The maximum Gasteiger partial charge on any atom is 0.337 e. The van der Waals surface area contributed by atoms with Crippen LogP contribution in [-0.2, 0) is 6.42 Å². The number of aromatic carboxylic acids is 2. The van der Waals surface area contributed by atoms with E-state index < -0.39 is 11.9 Å². The van der Waals surface area contributed by atoms with E-state index in [-0.39, 0.29) is 16.8 Å². The Kier molecular flexibility index (Phi) is 4.71. The molecule has 5 heteroatoms. The number of aryl methyl sites for hydroxylation is 1. The van der Waals surface area contributed by atoms with Gasteiger partial charge in [-0.15, -0.1) is 0 Å². The highest BCUT2D eigenvalue weighted by atomic mass is 16.4. The number of nitrogen functional groups attached to an aromatic ring is 1. The summed E-state index contributed by atoms with van der Waals surface area (Å²) in [6, 6.07) is 2.60. The lowest BCUT2D eigenvalue weighted by Gasteiger charge is -2.09. The summed E-state index contributed by atoms with van der Waals surface area (Å²) in [6.45, 7) is 2.05. The van der Waals surface area contributed by atoms with E-state index in [4.69, 9.17) is 15.9 Å². The first kappa shape index (κ1) is 14.0. The molecule has 0 radical (unpaired) electrons. The van der Waals surface area contributed by atoms with Crippen LogP contribution in [0.4, 0.5) is 5.69 Å². The first-order valence-corrected chi connectivity index (χ1v) is 5.86. The fourth-order valence-corrected chi connectivity index (χ4v) is 1.82. The van der Waals surface area contributed by atoms with Gasteiger partial charge in [0.25, 0.3) is 0 Å². The fraction of sp³-hybridized carbons (Fsp3) is 0.385. The van der Waals surface area contributed by atoms with Gasteiger partial charge in [-0.1, -0.05) is 19.8 Å². The second-order valence-electron chi connectivity index (χ2n) is 4.16. The molecule has 0 fully saturated rings. The molecule has 0 bridgehead atoms. The van der Waals surface area contributed by atoms with Crippen molar-refractivity contribution in [1.29, 1.82) is 0 Å². The summed E-state index contributed by atoms with van der Waals surface area (Å²) in [5.74, 6) is -2.22. The molecule has 18 heavy (non-hydrogen) atoms. The molecule has 5 nitrogen and oxygen atoms in total. The maximum absolute atomic E-state index is 11.1. The third-order valence-electron chi connectivity index (χ3n) is 2.79. The number of anilines is 1. The van der Waals surface area contributed by atoms with Crippen molar-refractivity contribution in [1.82, 2.24) is 0 Å². The van der Waals surface area contributed by atoms with Crippen LogP contribution >= 0.6 is 0 Å². The smallest absolute Gasteiger partial charge is 0.337 e. The molecule has 4 N–H and O–H groups in total. The van der Waals surface area contributed by atoms with Gasteiger partial charge in [-0.25, -0.2) is 9.59 Å². The molecule has 0 aliphatic rings. The summed E-state index contributed by atoms with van der Waals surface area (Å²) in [7, 11) is 0. The molecule has 1 aromatic rings. The van der Waals surface area contributed by atoms with Gasteiger partial charge in [0, 0.05) is 5.69 Å². The summed E-state index contributed by atoms with van der Waals surface area (Å²) >= 11 is 0. The summed E-state index contributed by atoms with van der Waals surface area (Å²) in [5, 5.41) is 18.0. The van der Waals surface area contributed by atoms with E-state index in [1.807, 2.05) is 6.92 Å². The van der Waals surface area contributed by atoms with Crippen LogP contribution in [0.2, 0.25) is 0 Å². The Bertz CT molecular complexity index is 468. The largest absolute Gasteiger partial charge is 0.478 e. The minimum Gasteiger partial charge on any atom is -0.478 e. The predicted molar refractivity (Wildman–Crippen MR) is 68.0 cm³/mol. The van der Waals surface area contributed by atoms with Gasteiger partial charge in [0.15, 0.2) is 0 Å². The number of benzene rings is 1. The van der Waals surface area contributed by atoms with Gasteiger partial charge in [-0.2, -0.15) is 0 Å². The average molecular weight is 251 g/mol. The van der Waals surface area contributed by atoms with Gasteiger partial charge >= 0.3 is 11.9 Å². The number of hydrogen-bond donors (Lipinski definition) is 3. The lowest BCUT2D eigenvalue weighted by Crippen LogP contribution is -2.09. The van der Waals surface area contributed by atoms with Crippen molar-refractivity contribution in [2.24, 2.45) is 0 Å². The van der Waals surface area contributed by atoms with E-state index in [2.05, 4.69) is 0 Å². The Labute approximate surface area is 105 Å². The van der Waals surface area contributed by atoms with Crippen molar-refractivity contribution in [3.8, 4) is 0 Å². The van der Waals surface area contributed by atoms with Gasteiger partial charge < -0.3 is 15.9 Å². The molecular weight excluding hydrogens is 234 g/mol. The highest BCUT2D eigenvalue weighted by Gasteiger charge is 2.16. The topological polar surface area (TPSA) is 101 Å². The van der Waals surface area contributed by atoms with Crippen LogP contribution in [0.3, 0.4) is 0 Å². The number of carbonyl (C=O) groups is 2. The highest BCUT2D eigenvalue weighted by molar-refractivity contribution is 5.98. The van der Waals surface area contributed by atoms with E-state index in [0.29, 0.717) is 12.0 Å². The van der Waals surface area contributed by atoms with Gasteiger partial charge in [0.1, 0.15) is 0 Å². The van der Waals surface area contributed by atoms with Crippen LogP contribution < -0.4 is 5.73 Å². The second kappa shape index (κ2) is 6.05. The third-order valence-corrected chi connectivity index (χ3v) is 2.79. The number of rotatable bonds is 6. The molecular formula is C13H17NO4. The third kappa shape index (κ3) is 3.23. The van der Waals surface area contributed by atoms with Crippen LogP contribution in [0.25, 0.3) is 0 Å². The van der Waals surface area contributed by atoms with E-state index in [1.165, 1.54) is 12.1 Å². The van der Waals surface area contributed by atoms with Gasteiger partial charge in [-0.05, 0) is 30.5 Å². The van der Waals surface area contributed by atoms with E-state index in [9.17, 15) is 9.59 Å². The normalized spacial score (nSPS) is 10.3. The molecule has 0 aliphatic carbocycles. The zero-order valence-electron chi connectivity index (χ0n) is 10.3. The molecule has 1 rings (SSSR count). The van der Waals surface area contributed by atoms with Crippen molar-refractivity contribution in [2.45, 2.75) is 32.6 Å². The van der Waals surface area contributed by atoms with Crippen LogP contribution in [0.15, 0.2) is 12.1 Å². The van der Waals surface area contributed by atoms with Crippen molar-refractivity contribution >= 4 is 17.6 Å². The monoisotopic (exact) mass is 251 g/mol. The maximum atomic E-state index is 11.1. The van der Waals surface area contributed by atoms with Gasteiger partial charge in [0.2, 0.25) is 0 Å². The Morgan fingerprint density at radius 3 is 2.22 bits per heavy atom. The highest BCUT2D eigenvalue weighted by Crippen LogP contribution is 2.21. The number of carboxylic acids is 2. The van der Waals surface area contributed by atoms with Gasteiger partial charge in [-0.3, -0.25) is 0 Å². The Morgan fingerprint density at radius 2 is 1.72 bits per heavy atom. The quantitative estimate of drug-likeness (QED) is 0.532. The fourth-order valence-electron chi connectivity index (χ4n) is 1.82. The Balaban J connectivity index is 3.14. The molecule has 0 atom stereocenters.